The Balaban J connectivity index is 1.96. The van der Waals surface area contributed by atoms with E-state index in [0.29, 0.717) is 6.04 Å². The van der Waals surface area contributed by atoms with Crippen LogP contribution in [0.4, 0.5) is 0 Å². The second kappa shape index (κ2) is 4.04. The Kier molecular flexibility index (Phi) is 2.52. The van der Waals surface area contributed by atoms with Crippen LogP contribution >= 0.6 is 0 Å². The fraction of sp³-hybridized carbons (Fsp3) is 0.462. The van der Waals surface area contributed by atoms with Gasteiger partial charge in [-0.1, -0.05) is 6.92 Å². The summed E-state index contributed by atoms with van der Waals surface area (Å²) in [5, 5.41) is 3.49. The maximum absolute atomic E-state index is 5.21. The van der Waals surface area contributed by atoms with E-state index in [0.717, 1.165) is 41.5 Å². The summed E-state index contributed by atoms with van der Waals surface area (Å²) in [5.41, 5.74) is 2.04. The van der Waals surface area contributed by atoms with Gasteiger partial charge >= 0.3 is 0 Å². The smallest absolute Gasteiger partial charge is 0.124 e. The van der Waals surface area contributed by atoms with Crippen LogP contribution in [-0.2, 0) is 0 Å². The van der Waals surface area contributed by atoms with Gasteiger partial charge in [-0.3, -0.25) is 0 Å². The van der Waals surface area contributed by atoms with Crippen LogP contribution in [0.15, 0.2) is 18.2 Å². The first-order chi connectivity index (χ1) is 8.26. The maximum atomic E-state index is 5.21. The van der Waals surface area contributed by atoms with Gasteiger partial charge in [-0.15, -0.1) is 0 Å². The van der Waals surface area contributed by atoms with Gasteiger partial charge in [-0.2, -0.15) is 0 Å². The van der Waals surface area contributed by atoms with Crippen molar-refractivity contribution in [1.29, 1.82) is 0 Å². The molecule has 17 heavy (non-hydrogen) atoms. The van der Waals surface area contributed by atoms with E-state index in [9.17, 15) is 0 Å². The Morgan fingerprint density at radius 3 is 3.00 bits per heavy atom. The third-order valence-corrected chi connectivity index (χ3v) is 3.39. The summed E-state index contributed by atoms with van der Waals surface area (Å²) in [7, 11) is 1.68. The molecule has 0 radical (unpaired) electrons. The summed E-state index contributed by atoms with van der Waals surface area (Å²) in [6.45, 7) is 3.34. The zero-order chi connectivity index (χ0) is 11.8. The van der Waals surface area contributed by atoms with Crippen LogP contribution in [0, 0.1) is 5.92 Å². The second-order valence-electron chi connectivity index (χ2n) is 4.81. The Bertz CT molecular complexity index is 534. The summed E-state index contributed by atoms with van der Waals surface area (Å²) in [4.78, 5) is 8.01. The number of methoxy groups -OCH3 is 1. The Hall–Kier alpha value is -1.55. The fourth-order valence-electron chi connectivity index (χ4n) is 2.42. The predicted octanol–water partition coefficient (Wildman–Crippen LogP) is 2.24. The molecule has 2 atom stereocenters. The molecule has 0 saturated carbocycles. The molecule has 0 bridgehead atoms. The molecule has 0 amide bonds. The molecule has 1 aromatic heterocycles. The molecule has 1 fully saturated rings. The Morgan fingerprint density at radius 2 is 2.29 bits per heavy atom. The summed E-state index contributed by atoms with van der Waals surface area (Å²) in [5.74, 6) is 2.63. The Morgan fingerprint density at radius 1 is 1.41 bits per heavy atom. The average Bonchev–Trinajstić information content (AvgIpc) is 2.93. The molecular formula is C13H17N3O. The van der Waals surface area contributed by atoms with E-state index in [2.05, 4.69) is 22.2 Å². The van der Waals surface area contributed by atoms with Gasteiger partial charge in [0.05, 0.1) is 24.2 Å². The first-order valence-corrected chi connectivity index (χ1v) is 6.03. The topological polar surface area (TPSA) is 49.9 Å². The van der Waals surface area contributed by atoms with Crippen LogP contribution in [0.1, 0.15) is 25.2 Å². The van der Waals surface area contributed by atoms with E-state index in [1.54, 1.807) is 7.11 Å². The van der Waals surface area contributed by atoms with Crippen molar-refractivity contribution in [3.63, 3.8) is 0 Å². The largest absolute Gasteiger partial charge is 0.497 e. The summed E-state index contributed by atoms with van der Waals surface area (Å²) < 4.78 is 5.21. The number of ether oxygens (including phenoxy) is 1. The van der Waals surface area contributed by atoms with E-state index >= 15 is 0 Å². The van der Waals surface area contributed by atoms with Crippen LogP contribution in [0.25, 0.3) is 11.0 Å². The molecule has 2 heterocycles. The minimum Gasteiger partial charge on any atom is -0.497 e. The molecule has 2 aromatic rings. The molecule has 1 saturated heterocycles. The highest BCUT2D eigenvalue weighted by atomic mass is 16.5. The number of H-pyrrole nitrogens is 1. The van der Waals surface area contributed by atoms with E-state index < -0.39 is 0 Å². The van der Waals surface area contributed by atoms with Gasteiger partial charge < -0.3 is 15.0 Å². The monoisotopic (exact) mass is 231 g/mol. The second-order valence-corrected chi connectivity index (χ2v) is 4.81. The van der Waals surface area contributed by atoms with Crippen LogP contribution < -0.4 is 10.1 Å². The number of benzene rings is 1. The van der Waals surface area contributed by atoms with Gasteiger partial charge in [-0.05, 0) is 31.0 Å². The van der Waals surface area contributed by atoms with Crippen molar-refractivity contribution in [2.24, 2.45) is 5.92 Å². The standard InChI is InChI=1S/C13H17N3O/c1-8-5-12(14-7-8)13-15-10-4-3-9(17-2)6-11(10)16-13/h3-4,6,8,12,14H,5,7H2,1-2H3,(H,15,16)/t8-,12+/m1/s1. The highest BCUT2D eigenvalue weighted by Crippen LogP contribution is 2.27. The number of hydrogen-bond acceptors (Lipinski definition) is 3. The molecule has 4 nitrogen and oxygen atoms in total. The number of imidazole rings is 1. The minimum atomic E-state index is 0.364. The lowest BCUT2D eigenvalue weighted by atomic mass is 10.1. The molecule has 90 valence electrons. The van der Waals surface area contributed by atoms with E-state index in [4.69, 9.17) is 4.74 Å². The highest BCUT2D eigenvalue weighted by molar-refractivity contribution is 5.76. The number of aromatic amines is 1. The lowest BCUT2D eigenvalue weighted by Gasteiger charge is -2.04. The third-order valence-electron chi connectivity index (χ3n) is 3.39. The van der Waals surface area contributed by atoms with Crippen molar-refractivity contribution in [3.8, 4) is 5.75 Å². The first kappa shape index (κ1) is 10.6. The number of nitrogens with one attached hydrogen (secondary N) is 2. The fourth-order valence-corrected chi connectivity index (χ4v) is 2.42. The van der Waals surface area contributed by atoms with Crippen molar-refractivity contribution in [1.82, 2.24) is 15.3 Å². The van der Waals surface area contributed by atoms with Gasteiger partial charge in [0.2, 0.25) is 0 Å². The zero-order valence-electron chi connectivity index (χ0n) is 10.2. The highest BCUT2D eigenvalue weighted by Gasteiger charge is 2.24. The molecule has 1 aliphatic rings. The van der Waals surface area contributed by atoms with Crippen LogP contribution in [0.2, 0.25) is 0 Å². The average molecular weight is 231 g/mol. The van der Waals surface area contributed by atoms with Crippen LogP contribution in [-0.4, -0.2) is 23.6 Å². The number of aromatic nitrogens is 2. The number of nitrogens with zero attached hydrogens (tertiary/aromatic N) is 1. The molecule has 0 aliphatic carbocycles. The van der Waals surface area contributed by atoms with Crippen molar-refractivity contribution in [2.75, 3.05) is 13.7 Å². The van der Waals surface area contributed by atoms with Crippen molar-refractivity contribution in [3.05, 3.63) is 24.0 Å². The first-order valence-electron chi connectivity index (χ1n) is 6.03. The Labute approximate surface area is 100 Å². The van der Waals surface area contributed by atoms with Gasteiger partial charge in [-0.25, -0.2) is 4.98 Å². The molecular weight excluding hydrogens is 214 g/mol. The SMILES string of the molecule is COc1ccc2nc([C@@H]3C[C@@H](C)CN3)[nH]c2c1. The lowest BCUT2D eigenvalue weighted by molar-refractivity contribution is 0.415. The quantitative estimate of drug-likeness (QED) is 0.833. The molecule has 1 aliphatic heterocycles. The van der Waals surface area contributed by atoms with E-state index in [1.165, 1.54) is 0 Å². The summed E-state index contributed by atoms with van der Waals surface area (Å²) >= 11 is 0. The number of fused-ring (bicyclic) bond motifs is 1. The maximum Gasteiger partial charge on any atom is 0.124 e. The van der Waals surface area contributed by atoms with Gasteiger partial charge in [0.1, 0.15) is 11.6 Å². The normalized spacial score (nSPS) is 24.4. The summed E-state index contributed by atoms with van der Waals surface area (Å²) in [6.07, 6.45) is 1.15. The molecule has 4 heteroatoms. The predicted molar refractivity (Wildman–Crippen MR) is 67.2 cm³/mol. The van der Waals surface area contributed by atoms with E-state index in [1.807, 2.05) is 18.2 Å². The zero-order valence-corrected chi connectivity index (χ0v) is 10.2. The number of rotatable bonds is 2. The lowest BCUT2D eigenvalue weighted by Crippen LogP contribution is -2.14. The van der Waals surface area contributed by atoms with Gasteiger partial charge in [0, 0.05) is 6.07 Å². The van der Waals surface area contributed by atoms with Gasteiger partial charge in [0.15, 0.2) is 0 Å². The molecule has 2 N–H and O–H groups in total. The third kappa shape index (κ3) is 1.89. The molecule has 0 spiro atoms. The van der Waals surface area contributed by atoms with Crippen molar-refractivity contribution < 1.29 is 4.74 Å². The minimum absolute atomic E-state index is 0.364. The molecule has 3 rings (SSSR count). The van der Waals surface area contributed by atoms with Crippen LogP contribution in [0.5, 0.6) is 5.75 Å². The van der Waals surface area contributed by atoms with Crippen LogP contribution in [0.3, 0.4) is 0 Å². The van der Waals surface area contributed by atoms with Crippen molar-refractivity contribution in [2.45, 2.75) is 19.4 Å². The molecule has 1 aromatic carbocycles. The molecule has 0 unspecified atom stereocenters. The summed E-state index contributed by atoms with van der Waals surface area (Å²) in [6, 6.07) is 6.29. The van der Waals surface area contributed by atoms with E-state index in [-0.39, 0.29) is 0 Å². The number of hydrogen-bond donors (Lipinski definition) is 2. The van der Waals surface area contributed by atoms with Crippen molar-refractivity contribution >= 4 is 11.0 Å². The van der Waals surface area contributed by atoms with Gasteiger partial charge in [0.25, 0.3) is 0 Å².